The highest BCUT2D eigenvalue weighted by Gasteiger charge is 2.31. The molecular formula is C24H34N6O5S. The van der Waals surface area contributed by atoms with E-state index in [1.54, 1.807) is 24.3 Å². The van der Waals surface area contributed by atoms with Gasteiger partial charge in [0.2, 0.25) is 17.7 Å². The zero-order chi connectivity index (χ0) is 26.7. The molecule has 0 saturated carbocycles. The normalized spacial score (nSPS) is 14.4. The third kappa shape index (κ3) is 9.34. The van der Waals surface area contributed by atoms with Crippen molar-refractivity contribution in [1.82, 2.24) is 25.9 Å². The van der Waals surface area contributed by atoms with Crippen LogP contribution in [0.5, 0.6) is 0 Å². The van der Waals surface area contributed by atoms with Gasteiger partial charge in [-0.05, 0) is 17.9 Å². The fourth-order valence-electron chi connectivity index (χ4n) is 3.48. The van der Waals surface area contributed by atoms with Crippen molar-refractivity contribution in [2.75, 3.05) is 5.75 Å². The number of aromatic amines is 1. The van der Waals surface area contributed by atoms with Gasteiger partial charge < -0.3 is 31.8 Å². The third-order valence-electron chi connectivity index (χ3n) is 5.38. The molecule has 11 nitrogen and oxygen atoms in total. The Hall–Kier alpha value is -3.38. The van der Waals surface area contributed by atoms with Crippen molar-refractivity contribution in [2.45, 2.75) is 57.3 Å². The number of imidazole rings is 1. The summed E-state index contributed by atoms with van der Waals surface area (Å²) in [6.07, 6.45) is 3.35. The van der Waals surface area contributed by atoms with Crippen LogP contribution in [0.25, 0.3) is 0 Å². The topological polar surface area (TPSA) is 179 Å². The third-order valence-corrected chi connectivity index (χ3v) is 5.78. The van der Waals surface area contributed by atoms with Crippen molar-refractivity contribution in [2.24, 2.45) is 11.7 Å². The van der Waals surface area contributed by atoms with E-state index in [-0.39, 0.29) is 24.5 Å². The number of nitrogens with one attached hydrogen (secondary N) is 4. The van der Waals surface area contributed by atoms with E-state index in [0.29, 0.717) is 12.1 Å². The molecule has 0 radical (unpaired) electrons. The minimum Gasteiger partial charge on any atom is -0.480 e. The van der Waals surface area contributed by atoms with Crippen molar-refractivity contribution in [3.05, 3.63) is 54.1 Å². The quantitative estimate of drug-likeness (QED) is 0.172. The zero-order valence-electron chi connectivity index (χ0n) is 20.3. The van der Waals surface area contributed by atoms with Crippen LogP contribution in [-0.4, -0.2) is 68.7 Å². The number of hydrogen-bond donors (Lipinski definition) is 7. The highest BCUT2D eigenvalue weighted by molar-refractivity contribution is 7.80. The van der Waals surface area contributed by atoms with Crippen LogP contribution < -0.4 is 21.7 Å². The minimum absolute atomic E-state index is 0.0355. The first-order valence-electron chi connectivity index (χ1n) is 11.6. The Labute approximate surface area is 215 Å². The number of aromatic nitrogens is 2. The molecule has 196 valence electrons. The summed E-state index contributed by atoms with van der Waals surface area (Å²) in [5.74, 6) is -2.85. The van der Waals surface area contributed by atoms with E-state index in [2.05, 4.69) is 38.5 Å². The van der Waals surface area contributed by atoms with Gasteiger partial charge in [0.25, 0.3) is 0 Å². The van der Waals surface area contributed by atoms with Crippen molar-refractivity contribution >= 4 is 36.3 Å². The Morgan fingerprint density at radius 2 is 1.58 bits per heavy atom. The second kappa shape index (κ2) is 14.2. The number of aliphatic carboxylic acids is 1. The predicted molar refractivity (Wildman–Crippen MR) is 137 cm³/mol. The van der Waals surface area contributed by atoms with Gasteiger partial charge in [0.05, 0.1) is 12.4 Å². The number of nitrogens with zero attached hydrogens (tertiary/aromatic N) is 1. The number of thiol groups is 1. The predicted octanol–water partition coefficient (Wildman–Crippen LogP) is 0.0371. The molecule has 0 aliphatic heterocycles. The molecule has 0 spiro atoms. The lowest BCUT2D eigenvalue weighted by atomic mass is 10.0. The molecule has 0 saturated heterocycles. The van der Waals surface area contributed by atoms with E-state index >= 15 is 0 Å². The van der Waals surface area contributed by atoms with Gasteiger partial charge in [-0.25, -0.2) is 9.78 Å². The highest BCUT2D eigenvalue weighted by Crippen LogP contribution is 2.09. The lowest BCUT2D eigenvalue weighted by Gasteiger charge is -2.25. The van der Waals surface area contributed by atoms with Crippen LogP contribution in [-0.2, 0) is 32.0 Å². The number of benzene rings is 1. The average molecular weight is 519 g/mol. The molecule has 2 aromatic rings. The summed E-state index contributed by atoms with van der Waals surface area (Å²) in [5, 5.41) is 17.5. The van der Waals surface area contributed by atoms with Crippen molar-refractivity contribution in [3.8, 4) is 0 Å². The molecule has 0 aliphatic carbocycles. The Morgan fingerprint density at radius 3 is 2.14 bits per heavy atom. The number of rotatable bonds is 14. The van der Waals surface area contributed by atoms with Crippen LogP contribution in [0, 0.1) is 5.92 Å². The van der Waals surface area contributed by atoms with Crippen molar-refractivity contribution in [1.29, 1.82) is 0 Å². The maximum Gasteiger partial charge on any atom is 0.326 e. The van der Waals surface area contributed by atoms with E-state index in [1.165, 1.54) is 12.5 Å². The fraction of sp³-hybridized carbons (Fsp3) is 0.458. The van der Waals surface area contributed by atoms with E-state index in [9.17, 15) is 24.3 Å². The summed E-state index contributed by atoms with van der Waals surface area (Å²) in [7, 11) is 0. The Balaban J connectivity index is 2.20. The molecule has 4 unspecified atom stereocenters. The van der Waals surface area contributed by atoms with Gasteiger partial charge in [-0.15, -0.1) is 0 Å². The lowest BCUT2D eigenvalue weighted by Crippen LogP contribution is -2.58. The van der Waals surface area contributed by atoms with Gasteiger partial charge in [-0.1, -0.05) is 44.2 Å². The highest BCUT2D eigenvalue weighted by atomic mass is 32.1. The van der Waals surface area contributed by atoms with E-state index in [1.807, 2.05) is 19.9 Å². The van der Waals surface area contributed by atoms with E-state index < -0.39 is 47.9 Å². The minimum atomic E-state index is -1.21. The van der Waals surface area contributed by atoms with Crippen LogP contribution in [0.2, 0.25) is 0 Å². The molecule has 1 aromatic heterocycles. The first-order valence-corrected chi connectivity index (χ1v) is 12.3. The second-order valence-electron chi connectivity index (χ2n) is 8.91. The average Bonchev–Trinajstić information content (AvgIpc) is 3.35. The molecule has 36 heavy (non-hydrogen) atoms. The van der Waals surface area contributed by atoms with Crippen molar-refractivity contribution < 1.29 is 24.3 Å². The number of carboxylic acid groups (broad SMARTS) is 1. The summed E-state index contributed by atoms with van der Waals surface area (Å²) in [6, 6.07) is 4.72. The monoisotopic (exact) mass is 518 g/mol. The van der Waals surface area contributed by atoms with Crippen LogP contribution in [0.1, 0.15) is 31.5 Å². The van der Waals surface area contributed by atoms with E-state index in [0.717, 1.165) is 5.56 Å². The summed E-state index contributed by atoms with van der Waals surface area (Å²) in [4.78, 5) is 57.3. The summed E-state index contributed by atoms with van der Waals surface area (Å²) in [6.45, 7) is 3.78. The van der Waals surface area contributed by atoms with Gasteiger partial charge in [0, 0.05) is 30.5 Å². The van der Waals surface area contributed by atoms with Gasteiger partial charge in [0.1, 0.15) is 18.1 Å². The van der Waals surface area contributed by atoms with E-state index in [4.69, 9.17) is 5.73 Å². The molecule has 0 fully saturated rings. The number of hydrogen-bond acceptors (Lipinski definition) is 7. The number of amides is 3. The van der Waals surface area contributed by atoms with Gasteiger partial charge in [-0.3, -0.25) is 14.4 Å². The van der Waals surface area contributed by atoms with Crippen molar-refractivity contribution in [3.63, 3.8) is 0 Å². The molecule has 3 amide bonds. The van der Waals surface area contributed by atoms with Crippen LogP contribution in [0.15, 0.2) is 42.9 Å². The summed E-state index contributed by atoms with van der Waals surface area (Å²) in [5.41, 5.74) is 7.03. The molecule has 7 N–H and O–H groups in total. The molecule has 12 heteroatoms. The van der Waals surface area contributed by atoms with Gasteiger partial charge in [0.15, 0.2) is 0 Å². The Kier molecular flexibility index (Phi) is 11.4. The zero-order valence-corrected chi connectivity index (χ0v) is 21.2. The number of H-pyrrole nitrogens is 1. The first kappa shape index (κ1) is 28.9. The fourth-order valence-corrected chi connectivity index (χ4v) is 3.65. The number of carboxylic acids is 1. The maximum atomic E-state index is 13.2. The lowest BCUT2D eigenvalue weighted by molar-refractivity contribution is -0.142. The molecule has 2 rings (SSSR count). The SMILES string of the molecule is CC(C)CC(NC(=O)C(N)CS)C(=O)NC(Cc1cnc[nH]1)C(=O)NC(Cc1ccccc1)C(=O)O. The van der Waals surface area contributed by atoms with Gasteiger partial charge in [-0.2, -0.15) is 12.6 Å². The molecule has 1 heterocycles. The summed E-state index contributed by atoms with van der Waals surface area (Å²) < 4.78 is 0. The standard InChI is InChI=1S/C24H34N6O5S/c1-14(2)8-18(28-21(31)17(25)12-36)22(32)29-19(10-16-11-26-13-27-16)23(33)30-20(24(34)35)9-15-6-4-3-5-7-15/h3-7,11,13-14,17-20,36H,8-10,12,25H2,1-2H3,(H,26,27)(H,28,31)(H,29,32)(H,30,33)(H,34,35). The number of carbonyl (C=O) groups excluding carboxylic acids is 3. The largest absolute Gasteiger partial charge is 0.480 e. The van der Waals surface area contributed by atoms with Crippen LogP contribution in [0.3, 0.4) is 0 Å². The Morgan fingerprint density at radius 1 is 0.972 bits per heavy atom. The Bertz CT molecular complexity index is 1000. The summed E-state index contributed by atoms with van der Waals surface area (Å²) >= 11 is 4.02. The van der Waals surface area contributed by atoms with Crippen LogP contribution >= 0.6 is 12.6 Å². The molecular weight excluding hydrogens is 484 g/mol. The molecule has 1 aromatic carbocycles. The smallest absolute Gasteiger partial charge is 0.326 e. The van der Waals surface area contributed by atoms with Gasteiger partial charge >= 0.3 is 5.97 Å². The molecule has 0 bridgehead atoms. The maximum absolute atomic E-state index is 13.2. The second-order valence-corrected chi connectivity index (χ2v) is 9.28. The number of nitrogens with two attached hydrogens (primary N) is 1. The molecule has 4 atom stereocenters. The molecule has 0 aliphatic rings. The van der Waals surface area contributed by atoms with Crippen LogP contribution in [0.4, 0.5) is 0 Å². The number of carbonyl (C=O) groups is 4. The first-order chi connectivity index (χ1) is 17.1.